The van der Waals surface area contributed by atoms with Gasteiger partial charge in [0.15, 0.2) is 17.3 Å². The van der Waals surface area contributed by atoms with Gasteiger partial charge >= 0.3 is 0 Å². The van der Waals surface area contributed by atoms with Gasteiger partial charge in [-0.05, 0) is 56.2 Å². The van der Waals surface area contributed by atoms with E-state index in [4.69, 9.17) is 13.9 Å². The average molecular weight is 482 g/mol. The number of anilines is 1. The predicted octanol–water partition coefficient (Wildman–Crippen LogP) is 4.63. The second kappa shape index (κ2) is 9.47. The van der Waals surface area contributed by atoms with E-state index in [1.165, 1.54) is 39.2 Å². The van der Waals surface area contributed by atoms with Gasteiger partial charge < -0.3 is 24.1 Å². The van der Waals surface area contributed by atoms with E-state index < -0.39 is 0 Å². The van der Waals surface area contributed by atoms with Crippen LogP contribution in [-0.4, -0.2) is 32.2 Å². The van der Waals surface area contributed by atoms with E-state index >= 15 is 0 Å². The second-order valence-corrected chi connectivity index (χ2v) is 11.0. The number of quaternary nitrogens is 1. The van der Waals surface area contributed by atoms with Gasteiger partial charge in [0.05, 0.1) is 24.9 Å². The highest BCUT2D eigenvalue weighted by Gasteiger charge is 2.37. The van der Waals surface area contributed by atoms with Crippen LogP contribution in [0.2, 0.25) is 0 Å². The number of furan rings is 1. The van der Waals surface area contributed by atoms with Crippen LogP contribution in [0.5, 0.6) is 11.5 Å². The predicted molar refractivity (Wildman–Crippen MR) is 133 cm³/mol. The highest BCUT2D eigenvalue weighted by molar-refractivity contribution is 7.16. The number of likely N-dealkylation sites (tertiary alicyclic amines) is 1. The van der Waals surface area contributed by atoms with Crippen LogP contribution in [0.15, 0.2) is 41.0 Å². The number of fused-ring (bicyclic) bond motifs is 1. The third-order valence-electron chi connectivity index (χ3n) is 7.03. The zero-order valence-corrected chi connectivity index (χ0v) is 21.1. The maximum Gasteiger partial charge on any atom is 0.291 e. The zero-order valence-electron chi connectivity index (χ0n) is 20.3. The molecule has 2 aliphatic rings. The fourth-order valence-corrected chi connectivity index (χ4v) is 6.67. The lowest BCUT2D eigenvalue weighted by molar-refractivity contribution is -0.937. The Labute approximate surface area is 204 Å². The summed E-state index contributed by atoms with van der Waals surface area (Å²) in [7, 11) is 0. The first-order chi connectivity index (χ1) is 16.4. The molecule has 2 aromatic heterocycles. The molecule has 0 saturated carbocycles. The summed E-state index contributed by atoms with van der Waals surface area (Å²) < 4.78 is 17.1. The molecular formula is C27H33N2O4S+. The fraction of sp³-hybridized carbons (Fsp3) is 0.444. The smallest absolute Gasteiger partial charge is 0.291 e. The maximum absolute atomic E-state index is 12.9. The molecule has 1 unspecified atom stereocenters. The quantitative estimate of drug-likeness (QED) is 0.558. The van der Waals surface area contributed by atoms with E-state index in [1.807, 2.05) is 6.07 Å². The average Bonchev–Trinajstić information content (AvgIpc) is 3.44. The summed E-state index contributed by atoms with van der Waals surface area (Å²) in [4.78, 5) is 15.7. The Morgan fingerprint density at radius 3 is 2.53 bits per heavy atom. The first-order valence-electron chi connectivity index (χ1n) is 12.1. The Kier molecular flexibility index (Phi) is 6.40. The van der Waals surface area contributed by atoms with E-state index in [0.29, 0.717) is 30.8 Å². The molecule has 2 N–H and O–H groups in total. The van der Waals surface area contributed by atoms with Gasteiger partial charge in [-0.25, -0.2) is 0 Å². The Morgan fingerprint density at radius 2 is 1.82 bits per heavy atom. The van der Waals surface area contributed by atoms with Gasteiger partial charge in [-0.3, -0.25) is 4.79 Å². The highest BCUT2D eigenvalue weighted by atomic mass is 32.1. The summed E-state index contributed by atoms with van der Waals surface area (Å²) in [5, 5.41) is 4.06. The van der Waals surface area contributed by atoms with Gasteiger partial charge in [0, 0.05) is 22.3 Å². The molecule has 6 nitrogen and oxygen atoms in total. The number of aryl methyl sites for hydroxylation is 1. The number of piperidine rings is 1. The van der Waals surface area contributed by atoms with Crippen molar-refractivity contribution >= 4 is 22.2 Å². The molecule has 0 spiro atoms. The van der Waals surface area contributed by atoms with Gasteiger partial charge in [-0.2, -0.15) is 0 Å². The number of ether oxygens (including phenoxy) is 2. The van der Waals surface area contributed by atoms with Gasteiger partial charge in [0.1, 0.15) is 24.3 Å². The minimum atomic E-state index is -0.219. The van der Waals surface area contributed by atoms with Crippen molar-refractivity contribution in [3.63, 3.8) is 0 Å². The number of nitrogens with one attached hydrogen (secondary N) is 2. The minimum Gasteiger partial charge on any atom is -0.486 e. The minimum absolute atomic E-state index is 0.0814. The first-order valence-corrected chi connectivity index (χ1v) is 12.9. The molecule has 7 heteroatoms. The standard InChI is InChI=1S/C27H32N2O4S/c1-16-12-17(2)15-29(14-16)25(20-7-8-21-23(13-20)33-11-10-32-21)24-18(3)19(4)34-27(24)28-26(30)22-6-5-9-31-22/h5-9,13,16-17,25H,10-12,14-15H2,1-4H3,(H,28,30)/p+1/t16-,17+,25-/m1/s1. The summed E-state index contributed by atoms with van der Waals surface area (Å²) in [6.45, 7) is 12.3. The number of thiophene rings is 1. The van der Waals surface area contributed by atoms with E-state index in [-0.39, 0.29) is 11.9 Å². The monoisotopic (exact) mass is 481 g/mol. The third kappa shape index (κ3) is 4.46. The first kappa shape index (κ1) is 23.0. The van der Waals surface area contributed by atoms with Crippen molar-refractivity contribution in [1.82, 2.24) is 0 Å². The second-order valence-electron chi connectivity index (χ2n) is 9.81. The fourth-order valence-electron chi connectivity index (χ4n) is 5.57. The van der Waals surface area contributed by atoms with Crippen molar-refractivity contribution in [3.05, 3.63) is 63.9 Å². The molecule has 0 aliphatic carbocycles. The summed E-state index contributed by atoms with van der Waals surface area (Å²) >= 11 is 1.64. The summed E-state index contributed by atoms with van der Waals surface area (Å²) in [5.74, 6) is 2.98. The van der Waals surface area contributed by atoms with Crippen molar-refractivity contribution in [2.75, 3.05) is 31.6 Å². The van der Waals surface area contributed by atoms with Crippen molar-refractivity contribution in [2.45, 2.75) is 40.2 Å². The molecule has 1 aromatic carbocycles. The molecule has 4 atom stereocenters. The molecule has 34 heavy (non-hydrogen) atoms. The Bertz CT molecular complexity index is 1160. The van der Waals surface area contributed by atoms with Gasteiger partial charge in [-0.15, -0.1) is 11.3 Å². The largest absolute Gasteiger partial charge is 0.486 e. The lowest BCUT2D eigenvalue weighted by Gasteiger charge is -2.38. The number of carbonyl (C=O) groups excluding carboxylic acids is 1. The topological polar surface area (TPSA) is 65.1 Å². The third-order valence-corrected chi connectivity index (χ3v) is 8.16. The number of hydrogen-bond donors (Lipinski definition) is 2. The van der Waals surface area contributed by atoms with Crippen molar-refractivity contribution in [3.8, 4) is 11.5 Å². The van der Waals surface area contributed by atoms with Gasteiger partial charge in [0.25, 0.3) is 5.91 Å². The molecule has 2 aliphatic heterocycles. The summed E-state index contributed by atoms with van der Waals surface area (Å²) in [5.41, 5.74) is 3.61. The lowest BCUT2D eigenvalue weighted by atomic mass is 9.87. The number of rotatable bonds is 5. The number of hydrogen-bond acceptors (Lipinski definition) is 5. The molecule has 0 radical (unpaired) electrons. The van der Waals surface area contributed by atoms with Crippen molar-refractivity contribution in [2.24, 2.45) is 11.8 Å². The van der Waals surface area contributed by atoms with E-state index in [0.717, 1.165) is 29.6 Å². The van der Waals surface area contributed by atoms with Crippen LogP contribution >= 0.6 is 11.3 Å². The molecule has 3 aromatic rings. The van der Waals surface area contributed by atoms with Gasteiger partial charge in [0.2, 0.25) is 0 Å². The summed E-state index contributed by atoms with van der Waals surface area (Å²) in [6.07, 6.45) is 2.78. The zero-order chi connectivity index (χ0) is 23.8. The normalized spacial score (nSPS) is 22.9. The van der Waals surface area contributed by atoms with Crippen LogP contribution < -0.4 is 19.7 Å². The maximum atomic E-state index is 12.9. The molecule has 1 saturated heterocycles. The summed E-state index contributed by atoms with van der Waals surface area (Å²) in [6, 6.07) is 9.85. The molecule has 1 amide bonds. The molecular weight excluding hydrogens is 448 g/mol. The SMILES string of the molecule is Cc1sc(NC(=O)c2ccco2)c([C@@H](c2ccc3c(c2)OCCO3)[NH+]2C[C@H](C)C[C@H](C)C2)c1C. The van der Waals surface area contributed by atoms with E-state index in [1.54, 1.807) is 23.5 Å². The number of amides is 1. The van der Waals surface area contributed by atoms with Crippen molar-refractivity contribution in [1.29, 1.82) is 0 Å². The van der Waals surface area contributed by atoms with E-state index in [9.17, 15) is 4.79 Å². The Balaban J connectivity index is 1.60. The van der Waals surface area contributed by atoms with Crippen LogP contribution in [0, 0.1) is 25.7 Å². The van der Waals surface area contributed by atoms with Crippen LogP contribution in [0.4, 0.5) is 5.00 Å². The van der Waals surface area contributed by atoms with Gasteiger partial charge in [-0.1, -0.05) is 13.8 Å². The van der Waals surface area contributed by atoms with E-state index in [2.05, 4.69) is 45.1 Å². The molecule has 0 bridgehead atoms. The van der Waals surface area contributed by atoms with Crippen LogP contribution in [0.3, 0.4) is 0 Å². The number of carbonyl (C=O) groups is 1. The molecule has 1 fully saturated rings. The molecule has 4 heterocycles. The Morgan fingerprint density at radius 1 is 1.09 bits per heavy atom. The molecule has 5 rings (SSSR count). The van der Waals surface area contributed by atoms with Crippen LogP contribution in [0.1, 0.15) is 58.4 Å². The number of benzene rings is 1. The molecule has 180 valence electrons. The lowest BCUT2D eigenvalue weighted by Crippen LogP contribution is -3.14. The Hall–Kier alpha value is -2.77. The van der Waals surface area contributed by atoms with Crippen LogP contribution in [-0.2, 0) is 0 Å². The van der Waals surface area contributed by atoms with Crippen molar-refractivity contribution < 1.29 is 23.6 Å². The highest BCUT2D eigenvalue weighted by Crippen LogP contribution is 2.41. The van der Waals surface area contributed by atoms with Crippen LogP contribution in [0.25, 0.3) is 0 Å².